The van der Waals surface area contributed by atoms with E-state index in [1.54, 1.807) is 12.1 Å². The number of esters is 1. The predicted molar refractivity (Wildman–Crippen MR) is 111 cm³/mol. The molecule has 0 bridgehead atoms. The van der Waals surface area contributed by atoms with Gasteiger partial charge >= 0.3 is 5.97 Å². The highest BCUT2D eigenvalue weighted by Gasteiger charge is 2.52. The molecule has 0 atom stereocenters. The zero-order valence-corrected chi connectivity index (χ0v) is 18.5. The number of benzene rings is 1. The fraction of sp³-hybridized carbons (Fsp3) is 0.636. The van der Waals surface area contributed by atoms with Gasteiger partial charge in [-0.3, -0.25) is 9.80 Å². The molecule has 0 N–H and O–H groups in total. The Morgan fingerprint density at radius 1 is 1.10 bits per heavy atom. The molecule has 8 heteroatoms. The van der Waals surface area contributed by atoms with E-state index < -0.39 is 5.54 Å². The first-order valence-electron chi connectivity index (χ1n) is 10.5. The van der Waals surface area contributed by atoms with Crippen molar-refractivity contribution >= 4 is 11.9 Å². The second-order valence-electron chi connectivity index (χ2n) is 8.01. The number of amides is 1. The van der Waals surface area contributed by atoms with Gasteiger partial charge in [0.25, 0.3) is 0 Å². The van der Waals surface area contributed by atoms with E-state index in [9.17, 15) is 9.59 Å². The molecule has 2 saturated heterocycles. The summed E-state index contributed by atoms with van der Waals surface area (Å²) in [6.07, 6.45) is 1.13. The summed E-state index contributed by atoms with van der Waals surface area (Å²) in [6.45, 7) is 7.28. The molecule has 2 heterocycles. The smallest absolute Gasteiger partial charge is 0.333 e. The Kier molecular flexibility index (Phi) is 7.46. The summed E-state index contributed by atoms with van der Waals surface area (Å²) in [4.78, 5) is 32.2. The largest absolute Gasteiger partial charge is 0.467 e. The number of piperidine rings is 1. The van der Waals surface area contributed by atoms with Gasteiger partial charge in [0, 0.05) is 26.2 Å². The number of aryl methyl sites for hydroxylation is 2. The van der Waals surface area contributed by atoms with Gasteiger partial charge in [0.15, 0.2) is 5.54 Å². The number of ether oxygens (including phenoxy) is 2. The topological polar surface area (TPSA) is 71.5 Å². The van der Waals surface area contributed by atoms with Gasteiger partial charge in [0.1, 0.15) is 0 Å². The molecule has 1 amide bonds. The SMILES string of the molecule is COC(=O)C1(N(C(=O)Cc2cc(C)ccc2C)N2CCOCC2)CCN(OC)CC1. The Bertz CT molecular complexity index is 755. The standard InChI is InChI=1S/C22H33N3O5/c1-17-5-6-18(2)19(15-17)16-20(26)25(23-11-13-30-14-12-23)22(21(27)28-3)7-9-24(29-4)10-8-22/h5-6,15H,7-14,16H2,1-4H3. The number of rotatable bonds is 6. The average molecular weight is 420 g/mol. The Balaban J connectivity index is 1.96. The number of hydrazine groups is 1. The molecule has 1 aromatic rings. The van der Waals surface area contributed by atoms with Crippen molar-refractivity contribution in [3.05, 3.63) is 34.9 Å². The van der Waals surface area contributed by atoms with Crippen LogP contribution in [0.5, 0.6) is 0 Å². The molecule has 0 aliphatic carbocycles. The molecule has 3 rings (SSSR count). The first kappa shape index (κ1) is 22.7. The fourth-order valence-corrected chi connectivity index (χ4v) is 4.38. The summed E-state index contributed by atoms with van der Waals surface area (Å²) >= 11 is 0. The second kappa shape index (κ2) is 9.87. The van der Waals surface area contributed by atoms with Gasteiger partial charge in [-0.1, -0.05) is 23.8 Å². The lowest BCUT2D eigenvalue weighted by molar-refractivity contribution is -0.215. The molecule has 0 aromatic heterocycles. The zero-order chi connectivity index (χ0) is 21.7. The van der Waals surface area contributed by atoms with Gasteiger partial charge in [-0.2, -0.15) is 5.06 Å². The molecule has 0 spiro atoms. The van der Waals surface area contributed by atoms with Crippen molar-refractivity contribution in [2.24, 2.45) is 0 Å². The number of hydrogen-bond donors (Lipinski definition) is 0. The van der Waals surface area contributed by atoms with E-state index in [0.29, 0.717) is 52.2 Å². The summed E-state index contributed by atoms with van der Waals surface area (Å²) in [5.41, 5.74) is 2.11. The lowest BCUT2D eigenvalue weighted by Gasteiger charge is -2.50. The van der Waals surface area contributed by atoms with Crippen LogP contribution in [0.15, 0.2) is 18.2 Å². The van der Waals surface area contributed by atoms with Gasteiger partial charge in [-0.25, -0.2) is 9.80 Å². The fourth-order valence-electron chi connectivity index (χ4n) is 4.38. The van der Waals surface area contributed by atoms with Crippen molar-refractivity contribution in [1.82, 2.24) is 15.1 Å². The summed E-state index contributed by atoms with van der Waals surface area (Å²) < 4.78 is 10.7. The van der Waals surface area contributed by atoms with E-state index in [0.717, 1.165) is 16.7 Å². The highest BCUT2D eigenvalue weighted by Crippen LogP contribution is 2.33. The molecule has 166 valence electrons. The molecule has 2 aliphatic rings. The molecule has 1 aromatic carbocycles. The van der Waals surface area contributed by atoms with Crippen molar-refractivity contribution in [2.45, 2.75) is 38.6 Å². The van der Waals surface area contributed by atoms with Gasteiger partial charge in [-0.15, -0.1) is 0 Å². The molecular weight excluding hydrogens is 386 g/mol. The first-order chi connectivity index (χ1) is 14.4. The molecule has 0 saturated carbocycles. The number of carbonyl (C=O) groups excluding carboxylic acids is 2. The van der Waals surface area contributed by atoms with Crippen LogP contribution >= 0.6 is 0 Å². The van der Waals surface area contributed by atoms with Crippen molar-refractivity contribution in [1.29, 1.82) is 0 Å². The number of hydroxylamine groups is 2. The van der Waals surface area contributed by atoms with Crippen LogP contribution in [0, 0.1) is 13.8 Å². The van der Waals surface area contributed by atoms with Crippen LogP contribution in [-0.4, -0.2) is 86.1 Å². The summed E-state index contributed by atoms with van der Waals surface area (Å²) in [5.74, 6) is -0.471. The van der Waals surface area contributed by atoms with E-state index in [-0.39, 0.29) is 18.3 Å². The number of carbonyl (C=O) groups is 2. The Morgan fingerprint density at radius 2 is 1.77 bits per heavy atom. The maximum absolute atomic E-state index is 13.7. The number of hydrogen-bond acceptors (Lipinski definition) is 7. The Labute approximate surface area is 178 Å². The van der Waals surface area contributed by atoms with Crippen molar-refractivity contribution in [2.75, 3.05) is 53.6 Å². The highest BCUT2D eigenvalue weighted by atomic mass is 16.7. The second-order valence-corrected chi connectivity index (χ2v) is 8.01. The molecule has 0 radical (unpaired) electrons. The monoisotopic (exact) mass is 419 g/mol. The van der Waals surface area contributed by atoms with Crippen LogP contribution in [-0.2, 0) is 30.3 Å². The van der Waals surface area contributed by atoms with Crippen LogP contribution in [0.25, 0.3) is 0 Å². The van der Waals surface area contributed by atoms with E-state index in [2.05, 4.69) is 0 Å². The lowest BCUT2D eigenvalue weighted by Crippen LogP contribution is -2.68. The van der Waals surface area contributed by atoms with Gasteiger partial charge in [0.05, 0.1) is 33.9 Å². The van der Waals surface area contributed by atoms with Crippen molar-refractivity contribution < 1.29 is 23.9 Å². The Hall–Kier alpha value is -2.00. The van der Waals surface area contributed by atoms with Crippen LogP contribution in [0.2, 0.25) is 0 Å². The average Bonchev–Trinajstić information content (AvgIpc) is 2.77. The van der Waals surface area contributed by atoms with Crippen LogP contribution in [0.3, 0.4) is 0 Å². The number of methoxy groups -OCH3 is 1. The van der Waals surface area contributed by atoms with Crippen LogP contribution in [0.1, 0.15) is 29.5 Å². The highest BCUT2D eigenvalue weighted by molar-refractivity contribution is 5.89. The third-order valence-electron chi connectivity index (χ3n) is 6.13. The predicted octanol–water partition coefficient (Wildman–Crippen LogP) is 1.49. The van der Waals surface area contributed by atoms with E-state index in [4.69, 9.17) is 14.3 Å². The van der Waals surface area contributed by atoms with E-state index in [1.807, 2.05) is 42.1 Å². The molecular formula is C22H33N3O5. The molecule has 2 fully saturated rings. The van der Waals surface area contributed by atoms with Crippen molar-refractivity contribution in [3.63, 3.8) is 0 Å². The minimum absolute atomic E-state index is 0.0955. The maximum Gasteiger partial charge on any atom is 0.333 e. The van der Waals surface area contributed by atoms with Crippen LogP contribution in [0.4, 0.5) is 0 Å². The normalized spacial score (nSPS) is 20.0. The van der Waals surface area contributed by atoms with Crippen molar-refractivity contribution in [3.8, 4) is 0 Å². The minimum Gasteiger partial charge on any atom is -0.467 e. The third-order valence-corrected chi connectivity index (χ3v) is 6.13. The summed E-state index contributed by atoms with van der Waals surface area (Å²) in [7, 11) is 3.01. The summed E-state index contributed by atoms with van der Waals surface area (Å²) in [5, 5.41) is 5.47. The summed E-state index contributed by atoms with van der Waals surface area (Å²) in [6, 6.07) is 6.12. The van der Waals surface area contributed by atoms with Gasteiger partial charge in [-0.05, 0) is 37.8 Å². The van der Waals surface area contributed by atoms with Gasteiger partial charge in [0.2, 0.25) is 5.91 Å². The van der Waals surface area contributed by atoms with E-state index in [1.165, 1.54) is 7.11 Å². The van der Waals surface area contributed by atoms with E-state index >= 15 is 0 Å². The number of nitrogens with zero attached hydrogens (tertiary/aromatic N) is 3. The maximum atomic E-state index is 13.7. The Morgan fingerprint density at radius 3 is 2.37 bits per heavy atom. The molecule has 2 aliphatic heterocycles. The number of morpholine rings is 1. The zero-order valence-electron chi connectivity index (χ0n) is 18.5. The molecule has 0 unspecified atom stereocenters. The first-order valence-corrected chi connectivity index (χ1v) is 10.5. The quantitative estimate of drug-likeness (QED) is 0.647. The third kappa shape index (κ3) is 4.67. The lowest BCUT2D eigenvalue weighted by atomic mass is 9.86. The minimum atomic E-state index is -1.05. The molecule has 8 nitrogen and oxygen atoms in total. The van der Waals surface area contributed by atoms with Gasteiger partial charge < -0.3 is 14.3 Å². The molecule has 30 heavy (non-hydrogen) atoms. The van der Waals surface area contributed by atoms with Crippen LogP contribution < -0.4 is 0 Å².